The molecule has 2 saturated heterocycles. The summed E-state index contributed by atoms with van der Waals surface area (Å²) in [6.45, 7) is 3.27. The number of benzene rings is 1. The summed E-state index contributed by atoms with van der Waals surface area (Å²) < 4.78 is 25.2. The van der Waals surface area contributed by atoms with Crippen LogP contribution in [0.4, 0.5) is 4.39 Å². The Labute approximate surface area is 135 Å². The highest BCUT2D eigenvalue weighted by molar-refractivity contribution is 5.91. The lowest BCUT2D eigenvalue weighted by atomic mass is 9.82. The Hall–Kier alpha value is -1.46. The topological polar surface area (TPSA) is 38.8 Å². The summed E-state index contributed by atoms with van der Waals surface area (Å²) >= 11 is 0. The van der Waals surface area contributed by atoms with Crippen LogP contribution in [-0.2, 0) is 19.7 Å². The fourth-order valence-electron chi connectivity index (χ4n) is 4.35. The van der Waals surface area contributed by atoms with Gasteiger partial charge in [-0.1, -0.05) is 18.2 Å². The van der Waals surface area contributed by atoms with Crippen LogP contribution in [0.2, 0.25) is 0 Å². The van der Waals surface area contributed by atoms with E-state index in [4.69, 9.17) is 9.47 Å². The lowest BCUT2D eigenvalue weighted by Crippen LogP contribution is -2.41. The first kappa shape index (κ1) is 15.1. The Balaban J connectivity index is 1.58. The molecule has 4 nitrogen and oxygen atoms in total. The highest BCUT2D eigenvalue weighted by Gasteiger charge is 2.59. The number of carbonyl (C=O) groups excluding carboxylic acids is 1. The molecule has 1 aliphatic carbocycles. The molecule has 0 unspecified atom stereocenters. The smallest absolute Gasteiger partial charge is 0.233 e. The third-order valence-corrected chi connectivity index (χ3v) is 5.79. The molecular formula is C18H22FNO3. The molecule has 0 aromatic heterocycles. The van der Waals surface area contributed by atoms with Crippen LogP contribution in [0.1, 0.15) is 18.4 Å². The van der Waals surface area contributed by atoms with Crippen molar-refractivity contribution in [2.45, 2.75) is 18.3 Å². The van der Waals surface area contributed by atoms with Gasteiger partial charge in [0.25, 0.3) is 0 Å². The summed E-state index contributed by atoms with van der Waals surface area (Å²) in [5.41, 5.74) is -0.173. The summed E-state index contributed by atoms with van der Waals surface area (Å²) in [4.78, 5) is 15.1. The van der Waals surface area contributed by atoms with Crippen molar-refractivity contribution in [1.29, 1.82) is 0 Å². The van der Waals surface area contributed by atoms with Crippen LogP contribution in [0.3, 0.4) is 0 Å². The van der Waals surface area contributed by atoms with Gasteiger partial charge in [0, 0.05) is 37.1 Å². The maximum absolute atomic E-state index is 14.2. The maximum atomic E-state index is 14.2. The van der Waals surface area contributed by atoms with Crippen molar-refractivity contribution in [3.8, 4) is 0 Å². The van der Waals surface area contributed by atoms with E-state index in [9.17, 15) is 9.18 Å². The summed E-state index contributed by atoms with van der Waals surface area (Å²) in [6.07, 6.45) is 1.48. The van der Waals surface area contributed by atoms with E-state index in [1.54, 1.807) is 19.2 Å². The second kappa shape index (κ2) is 5.28. The van der Waals surface area contributed by atoms with Crippen LogP contribution < -0.4 is 0 Å². The van der Waals surface area contributed by atoms with E-state index in [0.29, 0.717) is 44.4 Å². The van der Waals surface area contributed by atoms with Gasteiger partial charge in [-0.25, -0.2) is 4.39 Å². The first-order valence-corrected chi connectivity index (χ1v) is 8.22. The Morgan fingerprint density at radius 1 is 1.43 bits per heavy atom. The van der Waals surface area contributed by atoms with Gasteiger partial charge in [-0.2, -0.15) is 0 Å². The SMILES string of the molecule is COC[C@@]12COC[C@@H]1CN(C(=O)C1(c3ccccc3F)CC1)C2. The highest BCUT2D eigenvalue weighted by atomic mass is 19.1. The summed E-state index contributed by atoms with van der Waals surface area (Å²) in [7, 11) is 1.69. The maximum Gasteiger partial charge on any atom is 0.233 e. The molecule has 4 rings (SSSR count). The number of likely N-dealkylation sites (tertiary alicyclic amines) is 1. The van der Waals surface area contributed by atoms with Crippen LogP contribution in [-0.4, -0.2) is 50.8 Å². The van der Waals surface area contributed by atoms with E-state index in [2.05, 4.69) is 0 Å². The average Bonchev–Trinajstić information content (AvgIpc) is 3.13. The van der Waals surface area contributed by atoms with Gasteiger partial charge in [-0.15, -0.1) is 0 Å². The fraction of sp³-hybridized carbons (Fsp3) is 0.611. The standard InChI is InChI=1S/C18H22FNO3/c1-22-11-17-10-20(8-13(17)9-23-12-17)16(21)18(6-7-18)14-4-2-3-5-15(14)19/h2-5,13H,6-12H2,1H3/t13-,17-/m0/s1. The highest BCUT2D eigenvalue weighted by Crippen LogP contribution is 2.52. The van der Waals surface area contributed by atoms with Gasteiger partial charge in [0.05, 0.1) is 25.2 Å². The van der Waals surface area contributed by atoms with Crippen molar-refractivity contribution in [1.82, 2.24) is 4.90 Å². The van der Waals surface area contributed by atoms with Gasteiger partial charge in [0.2, 0.25) is 5.91 Å². The number of amides is 1. The number of fused-ring (bicyclic) bond motifs is 1. The molecule has 2 heterocycles. The van der Waals surface area contributed by atoms with Crippen molar-refractivity contribution in [2.75, 3.05) is 40.0 Å². The van der Waals surface area contributed by atoms with Gasteiger partial charge < -0.3 is 14.4 Å². The zero-order valence-corrected chi connectivity index (χ0v) is 13.4. The minimum atomic E-state index is -0.640. The molecule has 0 N–H and O–H groups in total. The van der Waals surface area contributed by atoms with Gasteiger partial charge in [0.1, 0.15) is 5.82 Å². The Morgan fingerprint density at radius 3 is 2.91 bits per heavy atom. The van der Waals surface area contributed by atoms with E-state index in [-0.39, 0.29) is 17.1 Å². The van der Waals surface area contributed by atoms with Crippen molar-refractivity contribution < 1.29 is 18.7 Å². The molecule has 2 aliphatic heterocycles. The van der Waals surface area contributed by atoms with Gasteiger partial charge >= 0.3 is 0 Å². The van der Waals surface area contributed by atoms with Gasteiger partial charge in [-0.3, -0.25) is 4.79 Å². The van der Waals surface area contributed by atoms with Crippen molar-refractivity contribution >= 4 is 5.91 Å². The summed E-state index contributed by atoms with van der Waals surface area (Å²) in [5, 5.41) is 0. The molecule has 1 aromatic rings. The lowest BCUT2D eigenvalue weighted by Gasteiger charge is -2.28. The molecule has 3 fully saturated rings. The van der Waals surface area contributed by atoms with E-state index >= 15 is 0 Å². The van der Waals surface area contributed by atoms with E-state index in [1.165, 1.54) is 6.07 Å². The number of methoxy groups -OCH3 is 1. The minimum Gasteiger partial charge on any atom is -0.384 e. The number of halogens is 1. The fourth-order valence-corrected chi connectivity index (χ4v) is 4.35. The number of hydrogen-bond acceptors (Lipinski definition) is 3. The largest absolute Gasteiger partial charge is 0.384 e. The third kappa shape index (κ3) is 2.21. The summed E-state index contributed by atoms with van der Waals surface area (Å²) in [6, 6.07) is 6.68. The monoisotopic (exact) mass is 319 g/mol. The molecule has 1 aromatic carbocycles. The second-order valence-electron chi connectivity index (χ2n) is 7.26. The lowest BCUT2D eigenvalue weighted by molar-refractivity contribution is -0.134. The van der Waals surface area contributed by atoms with Crippen LogP contribution >= 0.6 is 0 Å². The zero-order valence-electron chi connectivity index (χ0n) is 13.4. The molecule has 2 atom stereocenters. The quantitative estimate of drug-likeness (QED) is 0.852. The van der Waals surface area contributed by atoms with Crippen LogP contribution in [0.15, 0.2) is 24.3 Å². The van der Waals surface area contributed by atoms with E-state index < -0.39 is 5.41 Å². The Morgan fingerprint density at radius 2 is 2.22 bits per heavy atom. The number of nitrogens with zero attached hydrogens (tertiary/aromatic N) is 1. The molecular weight excluding hydrogens is 297 g/mol. The molecule has 5 heteroatoms. The average molecular weight is 319 g/mol. The zero-order chi connectivity index (χ0) is 16.1. The molecule has 0 spiro atoms. The normalized spacial score (nSPS) is 31.2. The molecule has 124 valence electrons. The van der Waals surface area contributed by atoms with Crippen LogP contribution in [0.25, 0.3) is 0 Å². The number of carbonyl (C=O) groups is 1. The number of hydrogen-bond donors (Lipinski definition) is 0. The number of rotatable bonds is 4. The third-order valence-electron chi connectivity index (χ3n) is 5.79. The minimum absolute atomic E-state index is 0.0764. The molecule has 3 aliphatic rings. The molecule has 1 amide bonds. The van der Waals surface area contributed by atoms with Crippen molar-refractivity contribution in [3.63, 3.8) is 0 Å². The first-order chi connectivity index (χ1) is 11.1. The van der Waals surface area contributed by atoms with Crippen LogP contribution in [0, 0.1) is 17.2 Å². The van der Waals surface area contributed by atoms with Crippen molar-refractivity contribution in [3.05, 3.63) is 35.6 Å². The predicted molar refractivity (Wildman–Crippen MR) is 82.5 cm³/mol. The summed E-state index contributed by atoms with van der Waals surface area (Å²) in [5.74, 6) is 0.128. The molecule has 0 radical (unpaired) electrons. The van der Waals surface area contributed by atoms with Gasteiger partial charge in [0.15, 0.2) is 0 Å². The van der Waals surface area contributed by atoms with Crippen molar-refractivity contribution in [2.24, 2.45) is 11.3 Å². The molecule has 23 heavy (non-hydrogen) atoms. The molecule has 1 saturated carbocycles. The molecule has 0 bridgehead atoms. The van der Waals surface area contributed by atoms with E-state index in [1.807, 2.05) is 11.0 Å². The Kier molecular flexibility index (Phi) is 3.46. The van der Waals surface area contributed by atoms with E-state index in [0.717, 1.165) is 12.8 Å². The second-order valence-corrected chi connectivity index (χ2v) is 7.26. The van der Waals surface area contributed by atoms with Gasteiger partial charge in [-0.05, 0) is 18.9 Å². The first-order valence-electron chi connectivity index (χ1n) is 8.22. The Bertz CT molecular complexity index is 630. The number of ether oxygens (including phenoxy) is 2. The van der Waals surface area contributed by atoms with Crippen LogP contribution in [0.5, 0.6) is 0 Å². The predicted octanol–water partition coefficient (Wildman–Crippen LogP) is 1.98.